The number of methoxy groups -OCH3 is 1. The van der Waals surface area contributed by atoms with E-state index in [1.54, 1.807) is 24.3 Å². The third-order valence-electron chi connectivity index (χ3n) is 5.85. The normalized spacial score (nSPS) is 21.2. The molecule has 2 aliphatic heterocycles. The standard InChI is InChI=1S/C26H32N4O8/c1-14-23(33)29-20(25(35)27-10-11-37-3)12-16-4-6-17(7-5-16)38-18-8-9-21(32)19(13-18)24(34)30-22(15(2)31)26(36)28-14/h4-9,13-15,20,22,31-32H,10-12H2,1-3H3,(H,27,35)(H,28,36)(H,29,33)(H,30,34)/t14-,15+,20-,22-/m0/s1. The summed E-state index contributed by atoms with van der Waals surface area (Å²) >= 11 is 0. The molecule has 4 amide bonds. The molecule has 4 bridgehead atoms. The van der Waals surface area contributed by atoms with E-state index in [0.717, 1.165) is 5.56 Å². The third kappa shape index (κ3) is 7.43. The second-order valence-corrected chi connectivity index (χ2v) is 8.90. The molecule has 2 aromatic rings. The van der Waals surface area contributed by atoms with Crippen LogP contribution < -0.4 is 26.0 Å². The first-order valence-corrected chi connectivity index (χ1v) is 12.0. The molecule has 0 spiro atoms. The van der Waals surface area contributed by atoms with Crippen LogP contribution in [0.5, 0.6) is 17.2 Å². The number of ether oxygens (including phenoxy) is 2. The molecule has 204 valence electrons. The average molecular weight is 529 g/mol. The van der Waals surface area contributed by atoms with Crippen LogP contribution in [0.25, 0.3) is 0 Å². The Morgan fingerprint density at radius 3 is 2.42 bits per heavy atom. The van der Waals surface area contributed by atoms with Crippen molar-refractivity contribution in [2.75, 3.05) is 20.3 Å². The van der Waals surface area contributed by atoms with Crippen LogP contribution in [0.2, 0.25) is 0 Å². The smallest absolute Gasteiger partial charge is 0.255 e. The van der Waals surface area contributed by atoms with Crippen molar-refractivity contribution in [2.24, 2.45) is 0 Å². The van der Waals surface area contributed by atoms with E-state index in [1.807, 2.05) is 0 Å². The van der Waals surface area contributed by atoms with Crippen molar-refractivity contribution in [1.29, 1.82) is 0 Å². The predicted molar refractivity (Wildman–Crippen MR) is 136 cm³/mol. The van der Waals surface area contributed by atoms with E-state index >= 15 is 0 Å². The van der Waals surface area contributed by atoms with Gasteiger partial charge < -0.3 is 41.0 Å². The Morgan fingerprint density at radius 1 is 1.08 bits per heavy atom. The Balaban J connectivity index is 1.97. The summed E-state index contributed by atoms with van der Waals surface area (Å²) in [4.78, 5) is 51.5. The molecule has 4 rings (SSSR count). The second-order valence-electron chi connectivity index (χ2n) is 8.90. The molecule has 2 aromatic carbocycles. The monoisotopic (exact) mass is 528 g/mol. The van der Waals surface area contributed by atoms with Crippen LogP contribution in [-0.2, 0) is 25.5 Å². The molecule has 12 heteroatoms. The lowest BCUT2D eigenvalue weighted by Crippen LogP contribution is -2.58. The molecule has 38 heavy (non-hydrogen) atoms. The molecule has 4 atom stereocenters. The van der Waals surface area contributed by atoms with Gasteiger partial charge in [0.1, 0.15) is 35.4 Å². The van der Waals surface area contributed by atoms with E-state index in [9.17, 15) is 29.4 Å². The fourth-order valence-corrected chi connectivity index (χ4v) is 3.72. The number of nitrogens with one attached hydrogen (secondary N) is 4. The minimum absolute atomic E-state index is 0.154. The van der Waals surface area contributed by atoms with E-state index in [4.69, 9.17) is 9.47 Å². The Labute approximate surface area is 219 Å². The van der Waals surface area contributed by atoms with Gasteiger partial charge in [-0.3, -0.25) is 19.2 Å². The number of fused-ring (bicyclic) bond motifs is 11. The summed E-state index contributed by atoms with van der Waals surface area (Å²) in [7, 11) is 1.50. The number of aromatic hydroxyl groups is 1. The molecule has 0 saturated carbocycles. The number of amides is 4. The van der Waals surface area contributed by atoms with Crippen molar-refractivity contribution >= 4 is 23.6 Å². The summed E-state index contributed by atoms with van der Waals surface area (Å²) < 4.78 is 10.8. The number of benzene rings is 2. The number of aliphatic hydroxyl groups is 1. The minimum Gasteiger partial charge on any atom is -0.507 e. The highest BCUT2D eigenvalue weighted by Crippen LogP contribution is 2.27. The van der Waals surface area contributed by atoms with E-state index < -0.39 is 47.9 Å². The number of rotatable bonds is 5. The van der Waals surface area contributed by atoms with Crippen LogP contribution in [0.3, 0.4) is 0 Å². The van der Waals surface area contributed by atoms with Gasteiger partial charge in [-0.15, -0.1) is 0 Å². The van der Waals surface area contributed by atoms with Gasteiger partial charge in [0.25, 0.3) is 5.91 Å². The fraction of sp³-hybridized carbons (Fsp3) is 0.385. The van der Waals surface area contributed by atoms with Crippen molar-refractivity contribution in [1.82, 2.24) is 21.3 Å². The van der Waals surface area contributed by atoms with Crippen molar-refractivity contribution in [3.8, 4) is 17.2 Å². The molecule has 0 radical (unpaired) electrons. The Kier molecular flexibility index (Phi) is 9.63. The molecule has 6 N–H and O–H groups in total. The molecule has 2 aliphatic rings. The van der Waals surface area contributed by atoms with Crippen LogP contribution >= 0.6 is 0 Å². The number of phenolic OH excluding ortho intramolecular Hbond substituents is 1. The van der Waals surface area contributed by atoms with E-state index in [1.165, 1.54) is 39.2 Å². The highest BCUT2D eigenvalue weighted by atomic mass is 16.5. The van der Waals surface area contributed by atoms with Crippen LogP contribution in [0.1, 0.15) is 29.8 Å². The fourth-order valence-electron chi connectivity index (χ4n) is 3.72. The Bertz CT molecular complexity index is 1170. The molecule has 0 saturated heterocycles. The Hall–Kier alpha value is -4.16. The molecule has 0 fully saturated rings. The second kappa shape index (κ2) is 12.9. The molecule has 2 heterocycles. The number of carbonyl (C=O) groups excluding carboxylic acids is 4. The van der Waals surface area contributed by atoms with Gasteiger partial charge in [0, 0.05) is 20.1 Å². The summed E-state index contributed by atoms with van der Waals surface area (Å²) in [6.07, 6.45) is -1.18. The zero-order valence-corrected chi connectivity index (χ0v) is 21.3. The van der Waals surface area contributed by atoms with Gasteiger partial charge in [-0.2, -0.15) is 0 Å². The highest BCUT2D eigenvalue weighted by molar-refractivity contribution is 6.00. The van der Waals surface area contributed by atoms with Gasteiger partial charge in [0.15, 0.2) is 0 Å². The van der Waals surface area contributed by atoms with Gasteiger partial charge in [0.05, 0.1) is 18.3 Å². The van der Waals surface area contributed by atoms with Gasteiger partial charge in [-0.25, -0.2) is 0 Å². The summed E-state index contributed by atoms with van der Waals surface area (Å²) in [5.74, 6) is -2.44. The maximum atomic E-state index is 12.9. The van der Waals surface area contributed by atoms with E-state index in [-0.39, 0.29) is 36.6 Å². The van der Waals surface area contributed by atoms with Gasteiger partial charge in [0.2, 0.25) is 17.7 Å². The average Bonchev–Trinajstić information content (AvgIpc) is 2.88. The van der Waals surface area contributed by atoms with Crippen molar-refractivity contribution in [2.45, 2.75) is 44.5 Å². The molecular weight excluding hydrogens is 496 g/mol. The number of hydrogen-bond acceptors (Lipinski definition) is 8. The van der Waals surface area contributed by atoms with Gasteiger partial charge in [-0.1, -0.05) is 12.1 Å². The zero-order chi connectivity index (χ0) is 27.8. The Morgan fingerprint density at radius 2 is 1.76 bits per heavy atom. The number of carbonyl (C=O) groups is 4. The first-order valence-electron chi connectivity index (χ1n) is 12.0. The van der Waals surface area contributed by atoms with Crippen molar-refractivity contribution in [3.05, 3.63) is 53.6 Å². The lowest BCUT2D eigenvalue weighted by atomic mass is 10.0. The minimum atomic E-state index is -1.44. The first-order chi connectivity index (χ1) is 18.1. The highest BCUT2D eigenvalue weighted by Gasteiger charge is 2.31. The summed E-state index contributed by atoms with van der Waals surface area (Å²) in [5.41, 5.74) is 0.550. The van der Waals surface area contributed by atoms with Crippen molar-refractivity contribution in [3.63, 3.8) is 0 Å². The zero-order valence-electron chi connectivity index (χ0n) is 21.3. The van der Waals surface area contributed by atoms with E-state index in [2.05, 4.69) is 21.3 Å². The molecule has 0 aliphatic carbocycles. The topological polar surface area (TPSA) is 175 Å². The maximum Gasteiger partial charge on any atom is 0.255 e. The van der Waals surface area contributed by atoms with Gasteiger partial charge >= 0.3 is 0 Å². The quantitative estimate of drug-likeness (QED) is 0.232. The maximum absolute atomic E-state index is 12.9. The summed E-state index contributed by atoms with van der Waals surface area (Å²) in [6, 6.07) is 7.31. The molecule has 12 nitrogen and oxygen atoms in total. The van der Waals surface area contributed by atoms with Crippen molar-refractivity contribution < 1.29 is 38.9 Å². The largest absolute Gasteiger partial charge is 0.507 e. The van der Waals surface area contributed by atoms with E-state index in [0.29, 0.717) is 5.75 Å². The molecule has 0 aromatic heterocycles. The van der Waals surface area contributed by atoms with Crippen LogP contribution in [0, 0.1) is 0 Å². The lowest BCUT2D eigenvalue weighted by Gasteiger charge is -2.25. The van der Waals surface area contributed by atoms with Crippen LogP contribution in [0.4, 0.5) is 0 Å². The van der Waals surface area contributed by atoms with Crippen LogP contribution in [-0.4, -0.2) is 78.3 Å². The first kappa shape index (κ1) is 28.4. The summed E-state index contributed by atoms with van der Waals surface area (Å²) in [6.45, 7) is 3.24. The number of phenols is 1. The number of aliphatic hydroxyl groups excluding tert-OH is 1. The third-order valence-corrected chi connectivity index (χ3v) is 5.85. The number of hydrogen-bond donors (Lipinski definition) is 6. The molecular formula is C26H32N4O8. The summed E-state index contributed by atoms with van der Waals surface area (Å²) in [5, 5.41) is 30.6. The molecule has 0 unspecified atom stereocenters. The van der Waals surface area contributed by atoms with Gasteiger partial charge in [-0.05, 0) is 49.7 Å². The lowest BCUT2D eigenvalue weighted by molar-refractivity contribution is -0.133. The SMILES string of the molecule is COCCNC(=O)[C@@H]1Cc2ccc(cc2)Oc2ccc(O)c(c2)C(=O)N[C@@H]([C@@H](C)O)C(=O)N[C@@H](C)C(=O)N1. The van der Waals surface area contributed by atoms with Crippen LogP contribution in [0.15, 0.2) is 42.5 Å². The predicted octanol–water partition coefficient (Wildman–Crippen LogP) is -0.0281.